The lowest BCUT2D eigenvalue weighted by molar-refractivity contribution is -0.328. The van der Waals surface area contributed by atoms with E-state index in [2.05, 4.69) is 5.10 Å². The Morgan fingerprint density at radius 3 is 2.39 bits per heavy atom. The molecule has 4 unspecified atom stereocenters. The summed E-state index contributed by atoms with van der Waals surface area (Å²) in [4.78, 5) is 0. The Balaban J connectivity index is 1.91. The van der Waals surface area contributed by atoms with Gasteiger partial charge < -0.3 is 29.5 Å². The third kappa shape index (κ3) is 4.59. The molecule has 0 amide bonds. The number of aromatic amines is 1. The van der Waals surface area contributed by atoms with E-state index in [0.29, 0.717) is 11.3 Å². The minimum atomic E-state index is -4.84. The van der Waals surface area contributed by atoms with E-state index in [4.69, 9.17) is 19.3 Å². The van der Waals surface area contributed by atoms with E-state index < -0.39 is 60.4 Å². The summed E-state index contributed by atoms with van der Waals surface area (Å²) < 4.78 is 82.9. The second kappa shape index (κ2) is 8.57. The van der Waals surface area contributed by atoms with E-state index in [1.54, 1.807) is 5.10 Å². The van der Waals surface area contributed by atoms with Crippen LogP contribution in [-0.4, -0.2) is 69.8 Å². The predicted octanol–water partition coefficient (Wildman–Crippen LogP) is 1.48. The Labute approximate surface area is 172 Å². The molecule has 1 aromatic heterocycles. The Morgan fingerprint density at radius 1 is 1.19 bits per heavy atom. The number of H-pyrrole nitrogens is 1. The number of alkyl halides is 5. The summed E-state index contributed by atoms with van der Waals surface area (Å²) in [5.41, 5.74) is -1.29. The average Bonchev–Trinajstić information content (AvgIpc) is 3.11. The minimum Gasteiger partial charge on any atom is -0.497 e. The fraction of sp³-hybridized carbons (Fsp3) is 0.500. The molecule has 4 atom stereocenters. The molecule has 1 fully saturated rings. The first-order chi connectivity index (χ1) is 14.5. The van der Waals surface area contributed by atoms with Crippen molar-refractivity contribution in [1.29, 1.82) is 0 Å². The molecule has 1 aromatic carbocycles. The molecule has 3 rings (SSSR count). The first kappa shape index (κ1) is 23.2. The molecule has 1 saturated heterocycles. The maximum absolute atomic E-state index is 13.9. The van der Waals surface area contributed by atoms with Crippen LogP contribution in [0.4, 0.5) is 22.0 Å². The number of hydrogen-bond donors (Lipinski definition) is 4. The van der Waals surface area contributed by atoms with Crippen LogP contribution in [0.5, 0.6) is 11.6 Å². The number of hydrogen-bond acceptors (Lipinski definition) is 7. The highest BCUT2D eigenvalue weighted by Crippen LogP contribution is 2.39. The van der Waals surface area contributed by atoms with Gasteiger partial charge in [-0.1, -0.05) is 12.1 Å². The summed E-state index contributed by atoms with van der Waals surface area (Å²) in [6, 6.07) is 6.07. The van der Waals surface area contributed by atoms with E-state index in [0.717, 1.165) is 0 Å². The van der Waals surface area contributed by atoms with Crippen LogP contribution >= 0.6 is 0 Å². The second-order valence-electron chi connectivity index (χ2n) is 6.81. The smallest absolute Gasteiger partial charge is 0.433 e. The van der Waals surface area contributed by atoms with Crippen LogP contribution in [0.1, 0.15) is 16.8 Å². The minimum absolute atomic E-state index is 0.324. The van der Waals surface area contributed by atoms with Crippen LogP contribution in [0.25, 0.3) is 0 Å². The first-order valence-electron chi connectivity index (χ1n) is 8.93. The number of halogens is 5. The Kier molecular flexibility index (Phi) is 6.41. The topological polar surface area (TPSA) is 117 Å². The second-order valence-corrected chi connectivity index (χ2v) is 6.81. The molecule has 2 aromatic rings. The fourth-order valence-electron chi connectivity index (χ4n) is 3.06. The summed E-state index contributed by atoms with van der Waals surface area (Å²) in [5.74, 6) is -4.20. The SMILES string of the molecule is COc1ccc(Cc2c(OC3OC(CO)C(F)(F)C(O)C3O)n[nH]c2C(F)(F)F)cc1. The highest BCUT2D eigenvalue weighted by molar-refractivity contribution is 5.39. The van der Waals surface area contributed by atoms with Crippen LogP contribution in [0.3, 0.4) is 0 Å². The molecule has 8 nitrogen and oxygen atoms in total. The third-order valence-electron chi connectivity index (χ3n) is 4.77. The van der Waals surface area contributed by atoms with Crippen LogP contribution < -0.4 is 9.47 Å². The van der Waals surface area contributed by atoms with Gasteiger partial charge in [-0.15, -0.1) is 5.10 Å². The van der Waals surface area contributed by atoms with Crippen molar-refractivity contribution in [2.24, 2.45) is 0 Å². The van der Waals surface area contributed by atoms with Gasteiger partial charge >= 0.3 is 12.1 Å². The molecule has 1 aliphatic heterocycles. The number of benzene rings is 1. The lowest BCUT2D eigenvalue weighted by atomic mass is 9.98. The van der Waals surface area contributed by atoms with Gasteiger partial charge in [0.25, 0.3) is 0 Å². The summed E-state index contributed by atoms with van der Waals surface area (Å²) in [7, 11) is 1.42. The molecule has 0 radical (unpaired) electrons. The number of nitrogens with zero attached hydrogens (tertiary/aromatic N) is 1. The van der Waals surface area contributed by atoms with Crippen LogP contribution in [0, 0.1) is 0 Å². The predicted molar refractivity (Wildman–Crippen MR) is 92.7 cm³/mol. The van der Waals surface area contributed by atoms with Gasteiger partial charge in [-0.3, -0.25) is 5.10 Å². The fourth-order valence-corrected chi connectivity index (χ4v) is 3.06. The lowest BCUT2D eigenvalue weighted by Gasteiger charge is -2.41. The summed E-state index contributed by atoms with van der Waals surface area (Å²) >= 11 is 0. The first-order valence-corrected chi connectivity index (χ1v) is 8.93. The van der Waals surface area contributed by atoms with Crippen molar-refractivity contribution in [2.75, 3.05) is 13.7 Å². The van der Waals surface area contributed by atoms with Crippen LogP contribution in [0.2, 0.25) is 0 Å². The van der Waals surface area contributed by atoms with E-state index in [1.165, 1.54) is 31.4 Å². The van der Waals surface area contributed by atoms with Crippen molar-refractivity contribution in [3.8, 4) is 11.6 Å². The zero-order valence-electron chi connectivity index (χ0n) is 15.9. The molecule has 172 valence electrons. The molecule has 31 heavy (non-hydrogen) atoms. The van der Waals surface area contributed by atoms with Crippen molar-refractivity contribution < 1.29 is 51.5 Å². The number of rotatable bonds is 6. The quantitative estimate of drug-likeness (QED) is 0.489. The lowest BCUT2D eigenvalue weighted by Crippen LogP contribution is -2.63. The Hall–Kier alpha value is -2.48. The molecule has 0 spiro atoms. The van der Waals surface area contributed by atoms with Gasteiger partial charge in [-0.05, 0) is 17.7 Å². The standard InChI is InChI=1S/C18H19F5N2O6/c1-29-9-4-2-8(3-5-9)6-10-13(18(21,22)23)24-25-15(10)31-16-12(27)14(28)17(19,20)11(7-26)30-16/h2-5,11-12,14,16,26-28H,6-7H2,1H3,(H,24,25). The molecule has 0 bridgehead atoms. The number of aromatic nitrogens is 2. The molecule has 2 heterocycles. The molecular weight excluding hydrogens is 435 g/mol. The van der Waals surface area contributed by atoms with Gasteiger partial charge in [0, 0.05) is 6.42 Å². The van der Waals surface area contributed by atoms with Crippen molar-refractivity contribution in [1.82, 2.24) is 10.2 Å². The van der Waals surface area contributed by atoms with E-state index in [9.17, 15) is 32.2 Å². The summed E-state index contributed by atoms with van der Waals surface area (Å²) in [5, 5.41) is 33.9. The van der Waals surface area contributed by atoms with Crippen LogP contribution in [-0.2, 0) is 17.3 Å². The maximum atomic E-state index is 13.9. The monoisotopic (exact) mass is 454 g/mol. The van der Waals surface area contributed by atoms with E-state index >= 15 is 0 Å². The highest BCUT2D eigenvalue weighted by Gasteiger charge is 2.58. The average molecular weight is 454 g/mol. The van der Waals surface area contributed by atoms with Gasteiger partial charge in [0.1, 0.15) is 17.5 Å². The van der Waals surface area contributed by atoms with Crippen molar-refractivity contribution >= 4 is 0 Å². The maximum Gasteiger partial charge on any atom is 0.433 e. The van der Waals surface area contributed by atoms with Crippen LogP contribution in [0.15, 0.2) is 24.3 Å². The van der Waals surface area contributed by atoms with E-state index in [1.807, 2.05) is 0 Å². The van der Waals surface area contributed by atoms with Gasteiger partial charge in [0.2, 0.25) is 12.2 Å². The number of nitrogens with one attached hydrogen (secondary N) is 1. The zero-order chi connectivity index (χ0) is 23.0. The summed E-state index contributed by atoms with van der Waals surface area (Å²) in [6.45, 7) is -1.23. The van der Waals surface area contributed by atoms with Gasteiger partial charge in [-0.25, -0.2) is 8.78 Å². The highest BCUT2D eigenvalue weighted by atomic mass is 19.4. The number of ether oxygens (including phenoxy) is 3. The molecule has 0 saturated carbocycles. The van der Waals surface area contributed by atoms with Gasteiger partial charge in [0.15, 0.2) is 12.2 Å². The number of methoxy groups -OCH3 is 1. The molecule has 13 heteroatoms. The third-order valence-corrected chi connectivity index (χ3v) is 4.77. The molecule has 1 aliphatic rings. The van der Waals surface area contributed by atoms with Crippen molar-refractivity contribution in [2.45, 2.75) is 43.1 Å². The largest absolute Gasteiger partial charge is 0.497 e. The molecule has 0 aliphatic carbocycles. The van der Waals surface area contributed by atoms with Gasteiger partial charge in [-0.2, -0.15) is 13.2 Å². The zero-order valence-corrected chi connectivity index (χ0v) is 15.9. The molecule has 4 N–H and O–H groups in total. The molecular formula is C18H19F5N2O6. The number of aliphatic hydroxyl groups excluding tert-OH is 3. The summed E-state index contributed by atoms with van der Waals surface area (Å²) in [6.07, 6.45) is -14.4. The normalized spacial score (nSPS) is 26.0. The van der Waals surface area contributed by atoms with Crippen molar-refractivity contribution in [3.05, 3.63) is 41.1 Å². The Bertz CT molecular complexity index is 885. The van der Waals surface area contributed by atoms with Gasteiger partial charge in [0.05, 0.1) is 19.3 Å². The number of aliphatic hydroxyl groups is 3. The van der Waals surface area contributed by atoms with Crippen molar-refractivity contribution in [3.63, 3.8) is 0 Å². The Morgan fingerprint density at radius 2 is 1.84 bits per heavy atom. The van der Waals surface area contributed by atoms with E-state index in [-0.39, 0.29) is 6.42 Å².